The molecule has 2 aliphatic heterocycles. The molecule has 8 heteroatoms. The quantitative estimate of drug-likeness (QED) is 0.645. The molecule has 2 aliphatic rings. The summed E-state index contributed by atoms with van der Waals surface area (Å²) in [6.07, 6.45) is 4.06. The van der Waals surface area contributed by atoms with Gasteiger partial charge in [0.15, 0.2) is 0 Å². The van der Waals surface area contributed by atoms with Gasteiger partial charge in [0.05, 0.1) is 19.8 Å². The van der Waals surface area contributed by atoms with E-state index < -0.39 is 18.6 Å². The van der Waals surface area contributed by atoms with Gasteiger partial charge in [-0.05, 0) is 36.6 Å². The molecule has 2 heterocycles. The molecule has 0 aliphatic carbocycles. The van der Waals surface area contributed by atoms with Crippen LogP contribution in [0.2, 0.25) is 0 Å². The van der Waals surface area contributed by atoms with Crippen LogP contribution in [0.25, 0.3) is 0 Å². The number of ether oxygens (including phenoxy) is 1. The Kier molecular flexibility index (Phi) is 7.85. The van der Waals surface area contributed by atoms with Gasteiger partial charge in [-0.25, -0.2) is 0 Å². The van der Waals surface area contributed by atoms with E-state index in [9.17, 15) is 19.8 Å². The lowest BCUT2D eigenvalue weighted by molar-refractivity contribution is -0.134. The van der Waals surface area contributed by atoms with Crippen LogP contribution < -0.4 is 5.32 Å². The molecule has 1 aromatic carbocycles. The number of carbonyl (C=O) groups excluding carboxylic acids is 2. The summed E-state index contributed by atoms with van der Waals surface area (Å²) >= 11 is 0. The van der Waals surface area contributed by atoms with Crippen LogP contribution in [-0.2, 0) is 16.1 Å². The number of hydrogen-bond acceptors (Lipinski definition) is 6. The molecule has 8 nitrogen and oxygen atoms in total. The molecule has 2 fully saturated rings. The molecule has 0 radical (unpaired) electrons. The van der Waals surface area contributed by atoms with Crippen LogP contribution in [-0.4, -0.2) is 83.9 Å². The Hall–Kier alpha value is -2.16. The first-order valence-electron chi connectivity index (χ1n) is 10.4. The predicted octanol–water partition coefficient (Wildman–Crippen LogP) is 0.718. The Labute approximate surface area is 171 Å². The Bertz CT molecular complexity index is 698. The molecule has 0 bridgehead atoms. The van der Waals surface area contributed by atoms with Crippen molar-refractivity contribution in [1.29, 1.82) is 0 Å². The maximum atomic E-state index is 12.7. The smallest absolute Gasteiger partial charge is 0.252 e. The third kappa shape index (κ3) is 6.16. The average molecular weight is 405 g/mol. The average Bonchev–Trinajstić information content (AvgIpc) is 3.01. The molecule has 0 unspecified atom stereocenters. The number of benzene rings is 1. The number of amides is 2. The standard InChI is InChI=1S/C21H31N3O5/c25-15-19(21(28)24-5-3-1-2-4-6-24)22-20(27)17-11-16(12-18(26)13-17)14-23-7-9-29-10-8-23/h11-13,19,25-26H,1-10,14-15H2,(H,22,27)/t19-/m0/s1. The van der Waals surface area contributed by atoms with E-state index in [0.717, 1.165) is 44.3 Å². The van der Waals surface area contributed by atoms with Crippen LogP contribution in [0.4, 0.5) is 0 Å². The van der Waals surface area contributed by atoms with Crippen LogP contribution in [0, 0.1) is 0 Å². The molecule has 0 spiro atoms. The number of hydrogen-bond donors (Lipinski definition) is 3. The fourth-order valence-electron chi connectivity index (χ4n) is 3.85. The highest BCUT2D eigenvalue weighted by molar-refractivity contribution is 5.98. The molecule has 3 N–H and O–H groups in total. The van der Waals surface area contributed by atoms with Crippen LogP contribution in [0.5, 0.6) is 5.75 Å². The largest absolute Gasteiger partial charge is 0.508 e. The number of phenols is 1. The summed E-state index contributed by atoms with van der Waals surface area (Å²) in [7, 11) is 0. The predicted molar refractivity (Wildman–Crippen MR) is 108 cm³/mol. The topological polar surface area (TPSA) is 102 Å². The second-order valence-corrected chi connectivity index (χ2v) is 7.72. The summed E-state index contributed by atoms with van der Waals surface area (Å²) in [5.74, 6) is -0.733. The second-order valence-electron chi connectivity index (χ2n) is 7.72. The molecular weight excluding hydrogens is 374 g/mol. The van der Waals surface area contributed by atoms with Gasteiger partial charge < -0.3 is 25.2 Å². The van der Waals surface area contributed by atoms with Crippen molar-refractivity contribution < 1.29 is 24.5 Å². The van der Waals surface area contributed by atoms with Gasteiger partial charge in [0.1, 0.15) is 11.8 Å². The maximum Gasteiger partial charge on any atom is 0.252 e. The van der Waals surface area contributed by atoms with Gasteiger partial charge in [-0.15, -0.1) is 0 Å². The number of nitrogens with one attached hydrogen (secondary N) is 1. The molecule has 1 atom stereocenters. The molecule has 2 saturated heterocycles. The summed E-state index contributed by atoms with van der Waals surface area (Å²) in [5, 5.41) is 22.4. The molecule has 1 aromatic rings. The third-order valence-corrected chi connectivity index (χ3v) is 5.45. The summed E-state index contributed by atoms with van der Waals surface area (Å²) in [5.41, 5.74) is 1.09. The van der Waals surface area contributed by atoms with Gasteiger partial charge in [0, 0.05) is 38.3 Å². The molecule has 0 saturated carbocycles. The number of nitrogens with zero attached hydrogens (tertiary/aromatic N) is 2. The van der Waals surface area contributed by atoms with Crippen LogP contribution in [0.15, 0.2) is 18.2 Å². The molecule has 3 rings (SSSR count). The van der Waals surface area contributed by atoms with E-state index in [-0.39, 0.29) is 17.2 Å². The number of carbonyl (C=O) groups is 2. The van der Waals surface area contributed by atoms with Crippen LogP contribution in [0.3, 0.4) is 0 Å². The number of phenolic OH excluding ortho intramolecular Hbond substituents is 1. The summed E-state index contributed by atoms with van der Waals surface area (Å²) < 4.78 is 5.34. The van der Waals surface area contributed by atoms with Crippen LogP contribution >= 0.6 is 0 Å². The van der Waals surface area contributed by atoms with E-state index in [1.807, 2.05) is 0 Å². The summed E-state index contributed by atoms with van der Waals surface area (Å²) in [6.45, 7) is 4.39. The Morgan fingerprint density at radius 1 is 1.03 bits per heavy atom. The fourth-order valence-corrected chi connectivity index (χ4v) is 3.85. The highest BCUT2D eigenvalue weighted by Crippen LogP contribution is 2.18. The van der Waals surface area contributed by atoms with Crippen molar-refractivity contribution in [3.05, 3.63) is 29.3 Å². The Balaban J connectivity index is 1.65. The Morgan fingerprint density at radius 3 is 2.38 bits per heavy atom. The van der Waals surface area contributed by atoms with Gasteiger partial charge in [0.25, 0.3) is 5.91 Å². The highest BCUT2D eigenvalue weighted by atomic mass is 16.5. The zero-order valence-electron chi connectivity index (χ0n) is 16.8. The summed E-state index contributed by atoms with van der Waals surface area (Å²) in [4.78, 5) is 29.4. The first kappa shape index (κ1) is 21.5. The number of likely N-dealkylation sites (tertiary alicyclic amines) is 1. The SMILES string of the molecule is O=C(N[C@@H](CO)C(=O)N1CCCCCC1)c1cc(O)cc(CN2CCOCC2)c1. The minimum absolute atomic E-state index is 0.000280. The normalized spacial score (nSPS) is 19.4. The van der Waals surface area contributed by atoms with Gasteiger partial charge in [-0.2, -0.15) is 0 Å². The van der Waals surface area contributed by atoms with E-state index in [1.165, 1.54) is 6.07 Å². The van der Waals surface area contributed by atoms with Gasteiger partial charge >= 0.3 is 0 Å². The van der Waals surface area contributed by atoms with E-state index in [4.69, 9.17) is 4.74 Å². The van der Waals surface area contributed by atoms with Gasteiger partial charge in [0.2, 0.25) is 5.91 Å². The lowest BCUT2D eigenvalue weighted by atomic mass is 10.1. The van der Waals surface area contributed by atoms with Crippen molar-refractivity contribution >= 4 is 11.8 Å². The van der Waals surface area contributed by atoms with E-state index >= 15 is 0 Å². The maximum absolute atomic E-state index is 12.7. The van der Waals surface area contributed by atoms with Crippen molar-refractivity contribution in [3.63, 3.8) is 0 Å². The number of rotatable bonds is 6. The molecule has 160 valence electrons. The molecule has 0 aromatic heterocycles. The van der Waals surface area contributed by atoms with E-state index in [0.29, 0.717) is 32.8 Å². The van der Waals surface area contributed by atoms with E-state index in [2.05, 4.69) is 10.2 Å². The van der Waals surface area contributed by atoms with Crippen LogP contribution in [0.1, 0.15) is 41.6 Å². The van der Waals surface area contributed by atoms with Crippen molar-refractivity contribution in [2.75, 3.05) is 46.0 Å². The monoisotopic (exact) mass is 405 g/mol. The number of aliphatic hydroxyl groups is 1. The molecular formula is C21H31N3O5. The zero-order valence-corrected chi connectivity index (χ0v) is 16.8. The number of morpholine rings is 1. The first-order valence-corrected chi connectivity index (χ1v) is 10.4. The number of aromatic hydroxyl groups is 1. The van der Waals surface area contributed by atoms with Crippen molar-refractivity contribution in [2.45, 2.75) is 38.3 Å². The number of aliphatic hydroxyl groups excluding tert-OH is 1. The van der Waals surface area contributed by atoms with Crippen molar-refractivity contribution in [3.8, 4) is 5.75 Å². The lowest BCUT2D eigenvalue weighted by Crippen LogP contribution is -2.50. The van der Waals surface area contributed by atoms with Crippen molar-refractivity contribution in [2.24, 2.45) is 0 Å². The van der Waals surface area contributed by atoms with E-state index in [1.54, 1.807) is 17.0 Å². The highest BCUT2D eigenvalue weighted by Gasteiger charge is 2.26. The second kappa shape index (κ2) is 10.6. The zero-order chi connectivity index (χ0) is 20.6. The molecule has 29 heavy (non-hydrogen) atoms. The minimum atomic E-state index is -0.981. The van der Waals surface area contributed by atoms with Gasteiger partial charge in [-0.1, -0.05) is 12.8 Å². The Morgan fingerprint density at radius 2 is 1.72 bits per heavy atom. The minimum Gasteiger partial charge on any atom is -0.508 e. The lowest BCUT2D eigenvalue weighted by Gasteiger charge is -2.27. The molecule has 2 amide bonds. The first-order chi connectivity index (χ1) is 14.1. The van der Waals surface area contributed by atoms with Gasteiger partial charge in [-0.3, -0.25) is 14.5 Å². The van der Waals surface area contributed by atoms with Crippen molar-refractivity contribution in [1.82, 2.24) is 15.1 Å². The summed E-state index contributed by atoms with van der Waals surface area (Å²) in [6, 6.07) is 3.75. The third-order valence-electron chi connectivity index (χ3n) is 5.45. The fraction of sp³-hybridized carbons (Fsp3) is 0.619.